The fraction of sp³-hybridized carbons (Fsp3) is 0.333. The number of para-hydroxylation sites is 1. The maximum atomic E-state index is 14.0. The Bertz CT molecular complexity index is 1410. The average molecular weight is 631 g/mol. The van der Waals surface area contributed by atoms with Crippen LogP contribution in [0, 0.1) is 0 Å². The van der Waals surface area contributed by atoms with E-state index in [1.54, 1.807) is 49.4 Å². The highest BCUT2D eigenvalue weighted by molar-refractivity contribution is 9.10. The van der Waals surface area contributed by atoms with E-state index in [-0.39, 0.29) is 17.3 Å². The summed E-state index contributed by atoms with van der Waals surface area (Å²) in [5.41, 5.74) is 0.612. The van der Waals surface area contributed by atoms with Crippen LogP contribution in [0.3, 0.4) is 0 Å². The number of ether oxygens (including phenoxy) is 1. The smallest absolute Gasteiger partial charge is 0.264 e. The third-order valence-corrected chi connectivity index (χ3v) is 8.23. The number of hydrogen-bond acceptors (Lipinski definition) is 5. The molecule has 0 saturated heterocycles. The number of rotatable bonds is 11. The van der Waals surface area contributed by atoms with E-state index in [0.717, 1.165) is 14.3 Å². The molecule has 3 aromatic rings. The predicted octanol–water partition coefficient (Wildman–Crippen LogP) is 5.38. The van der Waals surface area contributed by atoms with Crippen molar-refractivity contribution in [2.24, 2.45) is 0 Å². The van der Waals surface area contributed by atoms with Crippen molar-refractivity contribution in [3.63, 3.8) is 0 Å². The van der Waals surface area contributed by atoms with Crippen molar-refractivity contribution in [1.29, 1.82) is 0 Å². The molecular weight excluding hydrogens is 594 g/mol. The molecule has 0 bridgehead atoms. The highest BCUT2D eigenvalue weighted by atomic mass is 79.9. The van der Waals surface area contributed by atoms with E-state index in [1.165, 1.54) is 17.0 Å². The van der Waals surface area contributed by atoms with Gasteiger partial charge in [-0.25, -0.2) is 8.42 Å². The number of benzene rings is 3. The molecule has 10 heteroatoms. The highest BCUT2D eigenvalue weighted by Crippen LogP contribution is 2.26. The molecule has 214 valence electrons. The third kappa shape index (κ3) is 8.32. The monoisotopic (exact) mass is 629 g/mol. The molecule has 0 radical (unpaired) electrons. The minimum Gasteiger partial charge on any atom is -0.494 e. The lowest BCUT2D eigenvalue weighted by Crippen LogP contribution is -2.54. The minimum atomic E-state index is -4.15. The lowest BCUT2D eigenvalue weighted by atomic mass is 10.1. The maximum Gasteiger partial charge on any atom is 0.264 e. The Hall–Kier alpha value is -3.37. The Balaban J connectivity index is 2.00. The molecule has 40 heavy (non-hydrogen) atoms. The summed E-state index contributed by atoms with van der Waals surface area (Å²) in [6.07, 6.45) is 0. The van der Waals surface area contributed by atoms with Crippen LogP contribution in [0.25, 0.3) is 0 Å². The Labute approximate surface area is 245 Å². The normalized spacial score (nSPS) is 12.3. The van der Waals surface area contributed by atoms with Gasteiger partial charge in [0, 0.05) is 16.6 Å². The molecule has 0 aliphatic rings. The number of amides is 2. The SMILES string of the molecule is CCOc1ccc(S(=O)(=O)N(CC(=O)N(Cc2cccc(Br)c2)[C@H](C)C(=O)NC(C)(C)C)c2ccccc2)cc1. The van der Waals surface area contributed by atoms with Crippen molar-refractivity contribution < 1.29 is 22.7 Å². The number of hydrogen-bond donors (Lipinski definition) is 1. The fourth-order valence-electron chi connectivity index (χ4n) is 4.01. The van der Waals surface area contributed by atoms with Gasteiger partial charge in [0.05, 0.1) is 17.2 Å². The molecule has 1 atom stereocenters. The summed E-state index contributed by atoms with van der Waals surface area (Å²) in [6, 6.07) is 21.1. The van der Waals surface area contributed by atoms with Crippen LogP contribution in [-0.4, -0.2) is 49.9 Å². The minimum absolute atomic E-state index is 0.0182. The molecule has 0 aromatic heterocycles. The zero-order chi connectivity index (χ0) is 29.5. The van der Waals surface area contributed by atoms with E-state index < -0.39 is 34.1 Å². The van der Waals surface area contributed by atoms with Crippen molar-refractivity contribution in [3.8, 4) is 5.75 Å². The number of nitrogens with zero attached hydrogens (tertiary/aromatic N) is 2. The van der Waals surface area contributed by atoms with Gasteiger partial charge in [0.2, 0.25) is 11.8 Å². The average Bonchev–Trinajstić information content (AvgIpc) is 2.90. The van der Waals surface area contributed by atoms with Crippen LogP contribution in [0.15, 0.2) is 88.2 Å². The van der Waals surface area contributed by atoms with Crippen molar-refractivity contribution in [3.05, 3.63) is 88.9 Å². The molecule has 3 aromatic carbocycles. The zero-order valence-electron chi connectivity index (χ0n) is 23.4. The van der Waals surface area contributed by atoms with Crippen LogP contribution >= 0.6 is 15.9 Å². The number of nitrogens with one attached hydrogen (secondary N) is 1. The van der Waals surface area contributed by atoms with Crippen LogP contribution in [0.5, 0.6) is 5.75 Å². The van der Waals surface area contributed by atoms with Gasteiger partial charge in [0.25, 0.3) is 10.0 Å². The number of sulfonamides is 1. The van der Waals surface area contributed by atoms with Gasteiger partial charge in [-0.3, -0.25) is 13.9 Å². The fourth-order valence-corrected chi connectivity index (χ4v) is 5.87. The molecule has 8 nitrogen and oxygen atoms in total. The Morgan fingerprint density at radius 2 is 1.62 bits per heavy atom. The summed E-state index contributed by atoms with van der Waals surface area (Å²) in [5, 5.41) is 2.92. The Morgan fingerprint density at radius 1 is 0.975 bits per heavy atom. The van der Waals surface area contributed by atoms with Gasteiger partial charge < -0.3 is 15.0 Å². The van der Waals surface area contributed by atoms with Crippen LogP contribution in [0.4, 0.5) is 5.69 Å². The van der Waals surface area contributed by atoms with Gasteiger partial charge in [-0.15, -0.1) is 0 Å². The first-order chi connectivity index (χ1) is 18.8. The molecule has 3 rings (SSSR count). The van der Waals surface area contributed by atoms with Gasteiger partial charge in [0.1, 0.15) is 18.3 Å². The summed E-state index contributed by atoms with van der Waals surface area (Å²) >= 11 is 3.45. The van der Waals surface area contributed by atoms with Gasteiger partial charge in [0.15, 0.2) is 0 Å². The number of halogens is 1. The predicted molar refractivity (Wildman–Crippen MR) is 161 cm³/mol. The van der Waals surface area contributed by atoms with Crippen molar-refractivity contribution >= 4 is 43.5 Å². The van der Waals surface area contributed by atoms with Gasteiger partial charge >= 0.3 is 0 Å². The van der Waals surface area contributed by atoms with Crippen molar-refractivity contribution in [2.45, 2.75) is 57.6 Å². The molecular formula is C30H36BrN3O5S. The van der Waals surface area contributed by atoms with E-state index in [0.29, 0.717) is 18.0 Å². The number of carbonyl (C=O) groups is 2. The molecule has 0 aliphatic carbocycles. The van der Waals surface area contributed by atoms with E-state index in [1.807, 2.05) is 52.0 Å². The molecule has 0 unspecified atom stereocenters. The first kappa shape index (κ1) is 31.2. The van der Waals surface area contributed by atoms with Crippen molar-refractivity contribution in [2.75, 3.05) is 17.5 Å². The van der Waals surface area contributed by atoms with Gasteiger partial charge in [-0.2, -0.15) is 0 Å². The third-order valence-electron chi connectivity index (χ3n) is 5.95. The van der Waals surface area contributed by atoms with Crippen LogP contribution in [0.1, 0.15) is 40.2 Å². The second-order valence-corrected chi connectivity index (χ2v) is 13.1. The van der Waals surface area contributed by atoms with Gasteiger partial charge in [-0.05, 0) is 88.7 Å². The number of anilines is 1. The first-order valence-electron chi connectivity index (χ1n) is 13.0. The maximum absolute atomic E-state index is 14.0. The molecule has 0 saturated carbocycles. The molecule has 0 heterocycles. The van der Waals surface area contributed by atoms with Crippen molar-refractivity contribution in [1.82, 2.24) is 10.2 Å². The highest BCUT2D eigenvalue weighted by Gasteiger charge is 2.33. The summed E-state index contributed by atoms with van der Waals surface area (Å²) < 4.78 is 35.1. The van der Waals surface area contributed by atoms with Crippen LogP contribution < -0.4 is 14.4 Å². The largest absolute Gasteiger partial charge is 0.494 e. The summed E-state index contributed by atoms with van der Waals surface area (Å²) in [5.74, 6) is -0.311. The van der Waals surface area contributed by atoms with E-state index in [2.05, 4.69) is 21.2 Å². The molecule has 0 spiro atoms. The summed E-state index contributed by atoms with van der Waals surface area (Å²) in [6.45, 7) is 9.13. The first-order valence-corrected chi connectivity index (χ1v) is 15.2. The lowest BCUT2D eigenvalue weighted by Gasteiger charge is -2.33. The van der Waals surface area contributed by atoms with Gasteiger partial charge in [-0.1, -0.05) is 46.3 Å². The number of carbonyl (C=O) groups excluding carboxylic acids is 2. The Kier molecular flexibility index (Phi) is 10.4. The summed E-state index contributed by atoms with van der Waals surface area (Å²) in [4.78, 5) is 28.5. The molecule has 0 fully saturated rings. The Morgan fingerprint density at radius 3 is 2.20 bits per heavy atom. The van der Waals surface area contributed by atoms with E-state index >= 15 is 0 Å². The quantitative estimate of drug-likeness (QED) is 0.307. The zero-order valence-corrected chi connectivity index (χ0v) is 25.8. The molecule has 1 N–H and O–H groups in total. The summed E-state index contributed by atoms with van der Waals surface area (Å²) in [7, 11) is -4.15. The second-order valence-electron chi connectivity index (χ2n) is 10.3. The molecule has 0 aliphatic heterocycles. The lowest BCUT2D eigenvalue weighted by molar-refractivity contribution is -0.140. The van der Waals surface area contributed by atoms with Crippen LogP contribution in [0.2, 0.25) is 0 Å². The van der Waals surface area contributed by atoms with E-state index in [4.69, 9.17) is 4.74 Å². The second kappa shape index (κ2) is 13.3. The van der Waals surface area contributed by atoms with E-state index in [9.17, 15) is 18.0 Å². The molecule has 2 amide bonds. The van der Waals surface area contributed by atoms with Crippen LogP contribution in [-0.2, 0) is 26.2 Å². The topological polar surface area (TPSA) is 96.0 Å². The standard InChI is InChI=1S/C30H36BrN3O5S/c1-6-39-26-15-17-27(18-16-26)40(37,38)34(25-13-8-7-9-14-25)21-28(35)33(20-23-11-10-12-24(31)19-23)22(2)29(36)32-30(3,4)5/h7-19,22H,6,20-21H2,1-5H3,(H,32,36)/t22-/m1/s1.